The van der Waals surface area contributed by atoms with Crippen molar-refractivity contribution >= 4 is 12.0 Å². The van der Waals surface area contributed by atoms with Crippen molar-refractivity contribution in [2.45, 2.75) is 43.5 Å². The molecule has 0 aromatic carbocycles. The van der Waals surface area contributed by atoms with E-state index >= 15 is 0 Å². The van der Waals surface area contributed by atoms with E-state index in [1.165, 1.54) is 6.42 Å². The van der Waals surface area contributed by atoms with Gasteiger partial charge in [0.05, 0.1) is 6.10 Å². The molecule has 4 atom stereocenters. The van der Waals surface area contributed by atoms with E-state index in [0.717, 1.165) is 37.7 Å². The van der Waals surface area contributed by atoms with Gasteiger partial charge in [0, 0.05) is 5.25 Å². The Bertz CT molecular complexity index is 163. The number of fused-ring (bicyclic) bond motifs is 1. The van der Waals surface area contributed by atoms with E-state index < -0.39 is 0 Å². The average molecular weight is 188 g/mol. The Balaban J connectivity index is 1.95. The fourth-order valence-corrected chi connectivity index (χ4v) is 3.35. The Morgan fingerprint density at radius 3 is 2.67 bits per heavy atom. The molecular formula is C9H16O2S. The molecule has 0 radical (unpaired) electrons. The van der Waals surface area contributed by atoms with Crippen LogP contribution in [-0.2, 0) is 0 Å². The third kappa shape index (κ3) is 1.50. The van der Waals surface area contributed by atoms with Crippen molar-refractivity contribution in [2.75, 3.05) is 0 Å². The fraction of sp³-hybridized carbons (Fsp3) is 1.00. The van der Waals surface area contributed by atoms with Crippen LogP contribution >= 0.6 is 12.0 Å². The summed E-state index contributed by atoms with van der Waals surface area (Å²) in [4.78, 5) is 0. The number of aliphatic hydroxyl groups is 1. The topological polar surface area (TPSA) is 40.5 Å². The number of hydrogen-bond acceptors (Lipinski definition) is 3. The zero-order valence-corrected chi connectivity index (χ0v) is 7.96. The van der Waals surface area contributed by atoms with Crippen LogP contribution < -0.4 is 0 Å². The lowest BCUT2D eigenvalue weighted by Crippen LogP contribution is -2.27. The zero-order chi connectivity index (χ0) is 8.55. The highest BCUT2D eigenvalue weighted by atomic mass is 32.2. The first-order valence-electron chi connectivity index (χ1n) is 4.79. The smallest absolute Gasteiger partial charge is 0.0571 e. The van der Waals surface area contributed by atoms with Gasteiger partial charge in [-0.15, -0.1) is 0 Å². The summed E-state index contributed by atoms with van der Waals surface area (Å²) < 4.78 is 8.93. The molecule has 2 aliphatic rings. The van der Waals surface area contributed by atoms with Crippen LogP contribution in [0.25, 0.3) is 0 Å². The largest absolute Gasteiger partial charge is 0.393 e. The first kappa shape index (κ1) is 8.85. The lowest BCUT2D eigenvalue weighted by Gasteiger charge is -2.31. The van der Waals surface area contributed by atoms with Gasteiger partial charge in [-0.1, -0.05) is 0 Å². The zero-order valence-electron chi connectivity index (χ0n) is 7.15. The van der Waals surface area contributed by atoms with E-state index in [9.17, 15) is 5.11 Å². The molecule has 70 valence electrons. The molecule has 0 saturated heterocycles. The SMILES string of the molecule is OSC1CCC2C(O)CCC2C1. The van der Waals surface area contributed by atoms with Gasteiger partial charge in [-0.3, -0.25) is 0 Å². The van der Waals surface area contributed by atoms with Crippen LogP contribution in [0.2, 0.25) is 0 Å². The molecule has 0 bridgehead atoms. The molecule has 0 aromatic heterocycles. The molecule has 2 fully saturated rings. The summed E-state index contributed by atoms with van der Waals surface area (Å²) >= 11 is 1.01. The summed E-state index contributed by atoms with van der Waals surface area (Å²) in [5.74, 6) is 1.24. The van der Waals surface area contributed by atoms with Crippen molar-refractivity contribution in [3.8, 4) is 0 Å². The molecule has 2 aliphatic carbocycles. The molecule has 2 N–H and O–H groups in total. The molecule has 4 unspecified atom stereocenters. The van der Waals surface area contributed by atoms with Gasteiger partial charge in [0.15, 0.2) is 0 Å². The van der Waals surface area contributed by atoms with E-state index in [4.69, 9.17) is 4.55 Å². The first-order valence-corrected chi connectivity index (χ1v) is 5.63. The maximum Gasteiger partial charge on any atom is 0.0571 e. The van der Waals surface area contributed by atoms with Crippen LogP contribution in [0.1, 0.15) is 32.1 Å². The molecule has 2 nitrogen and oxygen atoms in total. The second-order valence-electron chi connectivity index (χ2n) is 4.11. The summed E-state index contributed by atoms with van der Waals surface area (Å²) in [6.45, 7) is 0. The average Bonchev–Trinajstić information content (AvgIpc) is 2.47. The van der Waals surface area contributed by atoms with Crippen LogP contribution in [0.15, 0.2) is 0 Å². The lowest BCUT2D eigenvalue weighted by atomic mass is 9.81. The summed E-state index contributed by atoms with van der Waals surface area (Å²) in [5.41, 5.74) is 0. The van der Waals surface area contributed by atoms with Crippen LogP contribution in [0, 0.1) is 11.8 Å². The summed E-state index contributed by atoms with van der Waals surface area (Å²) in [6, 6.07) is 0. The summed E-state index contributed by atoms with van der Waals surface area (Å²) in [5, 5.41) is 10.1. The Kier molecular flexibility index (Phi) is 2.63. The predicted octanol–water partition coefficient (Wildman–Crippen LogP) is 2.13. The first-order chi connectivity index (χ1) is 5.81. The van der Waals surface area contributed by atoms with Gasteiger partial charge in [0.1, 0.15) is 0 Å². The minimum atomic E-state index is -0.0420. The van der Waals surface area contributed by atoms with Crippen LogP contribution in [0.5, 0.6) is 0 Å². The van der Waals surface area contributed by atoms with Crippen molar-refractivity contribution in [3.05, 3.63) is 0 Å². The molecular weight excluding hydrogens is 172 g/mol. The van der Waals surface area contributed by atoms with E-state index in [0.29, 0.717) is 17.1 Å². The van der Waals surface area contributed by atoms with Gasteiger partial charge < -0.3 is 9.66 Å². The van der Waals surface area contributed by atoms with Crippen LogP contribution in [0.4, 0.5) is 0 Å². The molecule has 0 spiro atoms. The van der Waals surface area contributed by atoms with Gasteiger partial charge in [-0.2, -0.15) is 0 Å². The van der Waals surface area contributed by atoms with E-state index in [2.05, 4.69) is 0 Å². The second-order valence-corrected chi connectivity index (χ2v) is 4.99. The Hall–Kier alpha value is 0.270. The molecule has 0 amide bonds. The predicted molar refractivity (Wildman–Crippen MR) is 50.1 cm³/mol. The van der Waals surface area contributed by atoms with Crippen LogP contribution in [-0.4, -0.2) is 21.0 Å². The fourth-order valence-electron chi connectivity index (χ4n) is 2.78. The molecule has 0 aliphatic heterocycles. The Morgan fingerprint density at radius 2 is 1.92 bits per heavy atom. The monoisotopic (exact) mass is 188 g/mol. The van der Waals surface area contributed by atoms with Gasteiger partial charge >= 0.3 is 0 Å². The highest BCUT2D eigenvalue weighted by molar-refractivity contribution is 7.94. The normalized spacial score (nSPS) is 47.5. The Labute approximate surface area is 77.6 Å². The number of aliphatic hydroxyl groups excluding tert-OH is 1. The van der Waals surface area contributed by atoms with Gasteiger partial charge in [0.25, 0.3) is 0 Å². The van der Waals surface area contributed by atoms with E-state index in [1.54, 1.807) is 0 Å². The molecule has 0 heterocycles. The molecule has 12 heavy (non-hydrogen) atoms. The van der Waals surface area contributed by atoms with E-state index in [-0.39, 0.29) is 6.10 Å². The van der Waals surface area contributed by atoms with Crippen molar-refractivity contribution in [1.82, 2.24) is 0 Å². The standard InChI is InChI=1S/C9H16O2S/c10-9-4-1-6-5-7(12-11)2-3-8(6)9/h6-11H,1-5H2. The van der Waals surface area contributed by atoms with Crippen molar-refractivity contribution in [1.29, 1.82) is 0 Å². The summed E-state index contributed by atoms with van der Waals surface area (Å²) in [6.07, 6.45) is 5.42. The molecule has 0 aromatic rings. The summed E-state index contributed by atoms with van der Waals surface area (Å²) in [7, 11) is 0. The quantitative estimate of drug-likeness (QED) is 0.619. The minimum absolute atomic E-state index is 0.0420. The highest BCUT2D eigenvalue weighted by Gasteiger charge is 2.39. The lowest BCUT2D eigenvalue weighted by molar-refractivity contribution is 0.0973. The number of rotatable bonds is 1. The molecule has 2 saturated carbocycles. The maximum atomic E-state index is 9.61. The number of hydrogen-bond donors (Lipinski definition) is 2. The van der Waals surface area contributed by atoms with Crippen molar-refractivity contribution in [3.63, 3.8) is 0 Å². The molecule has 3 heteroatoms. The minimum Gasteiger partial charge on any atom is -0.393 e. The second kappa shape index (κ2) is 3.56. The third-order valence-corrected chi connectivity index (χ3v) is 4.20. The van der Waals surface area contributed by atoms with Crippen molar-refractivity contribution in [2.24, 2.45) is 11.8 Å². The maximum absolute atomic E-state index is 9.61. The van der Waals surface area contributed by atoms with Gasteiger partial charge in [-0.05, 0) is 56.0 Å². The van der Waals surface area contributed by atoms with Crippen molar-refractivity contribution < 1.29 is 9.66 Å². The third-order valence-electron chi connectivity index (χ3n) is 3.47. The van der Waals surface area contributed by atoms with E-state index in [1.807, 2.05) is 0 Å². The van der Waals surface area contributed by atoms with Gasteiger partial charge in [-0.25, -0.2) is 0 Å². The van der Waals surface area contributed by atoms with Gasteiger partial charge in [0.2, 0.25) is 0 Å². The van der Waals surface area contributed by atoms with Crippen LogP contribution in [0.3, 0.4) is 0 Å². The highest BCUT2D eigenvalue weighted by Crippen LogP contribution is 2.44. The molecule has 2 rings (SSSR count). The Morgan fingerprint density at radius 1 is 1.08 bits per heavy atom.